The Labute approximate surface area is 104 Å². The molecular weight excluding hydrogens is 238 g/mol. The van der Waals surface area contributed by atoms with E-state index in [1.165, 1.54) is 0 Å². The number of nitrogen functional groups attached to an aromatic ring is 1. The first kappa shape index (κ1) is 11.7. The highest BCUT2D eigenvalue weighted by atomic mass is 35.5. The minimum Gasteiger partial charge on any atom is -0.476 e. The average molecular weight is 250 g/mol. The molecule has 0 atom stereocenters. The summed E-state index contributed by atoms with van der Waals surface area (Å²) in [6.07, 6.45) is 2.45. The largest absolute Gasteiger partial charge is 0.476 e. The van der Waals surface area contributed by atoms with Gasteiger partial charge in [0.15, 0.2) is 0 Å². The Balaban J connectivity index is 1.92. The molecule has 0 saturated heterocycles. The van der Waals surface area contributed by atoms with Gasteiger partial charge in [-0.25, -0.2) is 0 Å². The van der Waals surface area contributed by atoms with Crippen LogP contribution in [0.3, 0.4) is 0 Å². The molecule has 0 aliphatic carbocycles. The van der Waals surface area contributed by atoms with Crippen molar-refractivity contribution >= 4 is 17.3 Å². The number of nitrogens with zero attached hydrogens (tertiary/aromatic N) is 2. The second-order valence-corrected chi connectivity index (χ2v) is 3.84. The molecule has 0 radical (unpaired) electrons. The maximum absolute atomic E-state index is 5.75. The van der Waals surface area contributed by atoms with Gasteiger partial charge in [-0.3, -0.25) is 4.98 Å². The second-order valence-electron chi connectivity index (χ2n) is 3.45. The topological polar surface area (TPSA) is 61.0 Å². The van der Waals surface area contributed by atoms with Gasteiger partial charge in [0.2, 0.25) is 5.88 Å². The minimum absolute atomic E-state index is 0.368. The molecule has 2 rings (SSSR count). The molecule has 0 aliphatic heterocycles. The zero-order valence-corrected chi connectivity index (χ0v) is 9.89. The summed E-state index contributed by atoms with van der Waals surface area (Å²) in [5.41, 5.74) is 7.15. The maximum atomic E-state index is 5.75. The second kappa shape index (κ2) is 5.50. The molecule has 0 spiro atoms. The van der Waals surface area contributed by atoms with Crippen LogP contribution in [0.4, 0.5) is 5.69 Å². The van der Waals surface area contributed by atoms with Crippen LogP contribution in [0.5, 0.6) is 5.88 Å². The van der Waals surface area contributed by atoms with Gasteiger partial charge in [0.05, 0.1) is 12.3 Å². The molecule has 17 heavy (non-hydrogen) atoms. The molecule has 4 nitrogen and oxygen atoms in total. The highest BCUT2D eigenvalue weighted by molar-refractivity contribution is 6.29. The van der Waals surface area contributed by atoms with Crippen LogP contribution >= 0.6 is 11.6 Å². The van der Waals surface area contributed by atoms with Crippen molar-refractivity contribution in [3.63, 3.8) is 0 Å². The van der Waals surface area contributed by atoms with Gasteiger partial charge >= 0.3 is 0 Å². The Morgan fingerprint density at radius 1 is 1.24 bits per heavy atom. The van der Waals surface area contributed by atoms with Crippen LogP contribution in [0.1, 0.15) is 5.69 Å². The van der Waals surface area contributed by atoms with Crippen molar-refractivity contribution in [2.24, 2.45) is 0 Å². The molecule has 2 N–H and O–H groups in total. The summed E-state index contributed by atoms with van der Waals surface area (Å²) in [4.78, 5) is 8.19. The Morgan fingerprint density at radius 3 is 2.88 bits per heavy atom. The summed E-state index contributed by atoms with van der Waals surface area (Å²) in [5.74, 6) is 0.369. The van der Waals surface area contributed by atoms with E-state index in [4.69, 9.17) is 22.1 Å². The molecule has 0 saturated carbocycles. The van der Waals surface area contributed by atoms with Gasteiger partial charge in [0, 0.05) is 18.3 Å². The maximum Gasteiger partial charge on any atom is 0.238 e. The Bertz CT molecular complexity index is 490. The molecular formula is C12H12ClN3O. The smallest absolute Gasteiger partial charge is 0.238 e. The van der Waals surface area contributed by atoms with Crippen LogP contribution in [0.2, 0.25) is 5.15 Å². The molecule has 88 valence electrons. The number of aromatic nitrogens is 2. The monoisotopic (exact) mass is 249 g/mol. The summed E-state index contributed by atoms with van der Waals surface area (Å²) < 4.78 is 5.46. The summed E-state index contributed by atoms with van der Waals surface area (Å²) in [7, 11) is 0. The van der Waals surface area contributed by atoms with Gasteiger partial charge in [-0.05, 0) is 24.3 Å². The molecule has 0 amide bonds. The predicted octanol–water partition coefficient (Wildman–Crippen LogP) is 2.33. The fourth-order valence-corrected chi connectivity index (χ4v) is 1.48. The van der Waals surface area contributed by atoms with Crippen molar-refractivity contribution in [2.45, 2.75) is 6.42 Å². The number of nitrogens with two attached hydrogens (primary N) is 1. The lowest BCUT2D eigenvalue weighted by atomic mass is 10.3. The van der Waals surface area contributed by atoms with E-state index in [0.29, 0.717) is 29.7 Å². The normalized spacial score (nSPS) is 10.2. The van der Waals surface area contributed by atoms with Gasteiger partial charge in [-0.1, -0.05) is 17.7 Å². The summed E-state index contributed by atoms with van der Waals surface area (Å²) in [6, 6.07) is 9.06. The van der Waals surface area contributed by atoms with E-state index >= 15 is 0 Å². The SMILES string of the molecule is Nc1ccc(Cl)nc1OCCc1ccccn1. The van der Waals surface area contributed by atoms with E-state index in [9.17, 15) is 0 Å². The molecule has 0 bridgehead atoms. The molecule has 0 fully saturated rings. The van der Waals surface area contributed by atoms with Gasteiger partial charge in [-0.15, -0.1) is 0 Å². The van der Waals surface area contributed by atoms with E-state index in [0.717, 1.165) is 5.69 Å². The number of hydrogen-bond acceptors (Lipinski definition) is 4. The zero-order chi connectivity index (χ0) is 12.1. The highest BCUT2D eigenvalue weighted by Gasteiger charge is 2.03. The van der Waals surface area contributed by atoms with Crippen molar-refractivity contribution < 1.29 is 4.74 Å². The lowest BCUT2D eigenvalue weighted by molar-refractivity contribution is 0.310. The number of hydrogen-bond donors (Lipinski definition) is 1. The third-order valence-corrected chi connectivity index (χ3v) is 2.39. The van der Waals surface area contributed by atoms with E-state index < -0.39 is 0 Å². The third kappa shape index (κ3) is 3.32. The molecule has 0 aromatic carbocycles. The Hall–Kier alpha value is -1.81. The van der Waals surface area contributed by atoms with Gasteiger partial charge in [0.25, 0.3) is 0 Å². The number of halogens is 1. The third-order valence-electron chi connectivity index (χ3n) is 2.18. The number of ether oxygens (including phenoxy) is 1. The van der Waals surface area contributed by atoms with Crippen molar-refractivity contribution in [3.8, 4) is 5.88 Å². The van der Waals surface area contributed by atoms with Crippen LogP contribution in [0.25, 0.3) is 0 Å². The van der Waals surface area contributed by atoms with Crippen LogP contribution in [0, 0.1) is 0 Å². The van der Waals surface area contributed by atoms with Gasteiger partial charge in [0.1, 0.15) is 5.15 Å². The minimum atomic E-state index is 0.368. The Kier molecular flexibility index (Phi) is 3.77. The molecule has 5 heteroatoms. The first-order valence-corrected chi connectivity index (χ1v) is 5.58. The lowest BCUT2D eigenvalue weighted by Crippen LogP contribution is -2.05. The fraction of sp³-hybridized carbons (Fsp3) is 0.167. The number of pyridine rings is 2. The van der Waals surface area contributed by atoms with E-state index in [-0.39, 0.29) is 0 Å². The van der Waals surface area contributed by atoms with Crippen LogP contribution in [-0.2, 0) is 6.42 Å². The average Bonchev–Trinajstić information content (AvgIpc) is 2.35. The first-order valence-electron chi connectivity index (χ1n) is 5.20. The lowest BCUT2D eigenvalue weighted by Gasteiger charge is -2.07. The fourth-order valence-electron chi connectivity index (χ4n) is 1.34. The van der Waals surface area contributed by atoms with Crippen LogP contribution in [-0.4, -0.2) is 16.6 Å². The number of rotatable bonds is 4. The van der Waals surface area contributed by atoms with Crippen molar-refractivity contribution in [2.75, 3.05) is 12.3 Å². The van der Waals surface area contributed by atoms with E-state index in [1.807, 2.05) is 18.2 Å². The van der Waals surface area contributed by atoms with E-state index in [1.54, 1.807) is 18.3 Å². The Morgan fingerprint density at radius 2 is 2.12 bits per heavy atom. The van der Waals surface area contributed by atoms with Crippen molar-refractivity contribution in [3.05, 3.63) is 47.4 Å². The molecule has 0 aliphatic rings. The summed E-state index contributed by atoms with van der Waals surface area (Å²) in [5, 5.41) is 0.368. The van der Waals surface area contributed by atoms with Gasteiger partial charge < -0.3 is 10.5 Å². The first-order chi connectivity index (χ1) is 8.25. The number of anilines is 1. The zero-order valence-electron chi connectivity index (χ0n) is 9.14. The molecule has 0 unspecified atom stereocenters. The summed E-state index contributed by atoms with van der Waals surface area (Å²) in [6.45, 7) is 0.467. The predicted molar refractivity (Wildman–Crippen MR) is 67.1 cm³/mol. The van der Waals surface area contributed by atoms with Crippen LogP contribution in [0.15, 0.2) is 36.5 Å². The molecule has 2 aromatic heterocycles. The molecule has 2 aromatic rings. The van der Waals surface area contributed by atoms with Gasteiger partial charge in [-0.2, -0.15) is 4.98 Å². The van der Waals surface area contributed by atoms with Crippen molar-refractivity contribution in [1.82, 2.24) is 9.97 Å². The highest BCUT2D eigenvalue weighted by Crippen LogP contribution is 2.20. The van der Waals surface area contributed by atoms with Crippen LogP contribution < -0.4 is 10.5 Å². The van der Waals surface area contributed by atoms with Crippen molar-refractivity contribution in [1.29, 1.82) is 0 Å². The standard InChI is InChI=1S/C12H12ClN3O/c13-11-5-4-10(14)12(16-11)17-8-6-9-3-1-2-7-15-9/h1-5,7H,6,8,14H2. The molecule has 2 heterocycles. The van der Waals surface area contributed by atoms with E-state index in [2.05, 4.69) is 9.97 Å². The summed E-state index contributed by atoms with van der Waals surface area (Å²) >= 11 is 5.75. The quantitative estimate of drug-likeness (QED) is 0.845.